The molecule has 1 heterocycles. The number of carbonyl (C=O) groups excluding carboxylic acids is 1. The van der Waals surface area contributed by atoms with E-state index in [4.69, 9.17) is 0 Å². The highest BCUT2D eigenvalue weighted by atomic mass is 16.1. The van der Waals surface area contributed by atoms with Crippen LogP contribution in [0.2, 0.25) is 0 Å². The van der Waals surface area contributed by atoms with Crippen LogP contribution in [0, 0.1) is 5.92 Å². The highest BCUT2D eigenvalue weighted by molar-refractivity contribution is 5.74. The molecule has 2 rings (SSSR count). The lowest BCUT2D eigenvalue weighted by Gasteiger charge is -2.20. The summed E-state index contributed by atoms with van der Waals surface area (Å²) in [5.41, 5.74) is 2.13. The number of pyridine rings is 1. The molecule has 1 unspecified atom stereocenters. The maximum Gasteiger partial charge on any atom is 0.258 e. The molecule has 3 nitrogen and oxygen atoms in total. The number of rotatable bonds is 1. The van der Waals surface area contributed by atoms with Crippen LogP contribution in [0.5, 0.6) is 0 Å². The minimum Gasteiger partial charge on any atom is -0.325 e. The van der Waals surface area contributed by atoms with Gasteiger partial charge in [-0.05, 0) is 36.8 Å². The Balaban J connectivity index is 2.51. The topological polar surface area (TPSA) is 49.9 Å². The molecular weight excluding hydrogens is 178 g/mol. The van der Waals surface area contributed by atoms with Crippen molar-refractivity contribution < 1.29 is 4.79 Å². The van der Waals surface area contributed by atoms with Gasteiger partial charge in [-0.1, -0.05) is 6.92 Å². The molecule has 0 amide bonds. The van der Waals surface area contributed by atoms with Crippen molar-refractivity contribution in [2.24, 2.45) is 5.92 Å². The Bertz CT molecular complexity index is 420. The average molecular weight is 191 g/mol. The quantitative estimate of drug-likeness (QED) is 0.680. The van der Waals surface area contributed by atoms with E-state index >= 15 is 0 Å². The van der Waals surface area contributed by atoms with Gasteiger partial charge in [0.15, 0.2) is 6.29 Å². The van der Waals surface area contributed by atoms with E-state index in [9.17, 15) is 9.59 Å². The van der Waals surface area contributed by atoms with Gasteiger partial charge in [0.05, 0.1) is 5.56 Å². The SMILES string of the molecule is CC1CCc2[nH]c(=O)c(C=O)cc2C1. The predicted octanol–water partition coefficient (Wildman–Crippen LogP) is 1.31. The number of hydrogen-bond donors (Lipinski definition) is 1. The summed E-state index contributed by atoms with van der Waals surface area (Å²) in [5, 5.41) is 0. The molecule has 0 aliphatic heterocycles. The van der Waals surface area contributed by atoms with Crippen LogP contribution in [0.15, 0.2) is 10.9 Å². The van der Waals surface area contributed by atoms with Crippen LogP contribution in [-0.4, -0.2) is 11.3 Å². The average Bonchev–Trinajstić information content (AvgIpc) is 2.17. The highest BCUT2D eigenvalue weighted by Gasteiger charge is 2.16. The molecular formula is C11H13NO2. The standard InChI is InChI=1S/C11H13NO2/c1-7-2-3-10-8(4-7)5-9(6-13)11(14)12-10/h5-7H,2-4H2,1H3,(H,12,14). The van der Waals surface area contributed by atoms with Crippen LogP contribution in [0.1, 0.15) is 35.0 Å². The summed E-state index contributed by atoms with van der Waals surface area (Å²) in [6.07, 6.45) is 3.62. The number of nitrogens with one attached hydrogen (secondary N) is 1. The molecule has 1 aromatic heterocycles. The van der Waals surface area contributed by atoms with Crippen LogP contribution in [-0.2, 0) is 12.8 Å². The summed E-state index contributed by atoms with van der Waals surface area (Å²) in [7, 11) is 0. The number of aldehydes is 1. The number of aryl methyl sites for hydroxylation is 1. The molecule has 74 valence electrons. The van der Waals surface area contributed by atoms with Gasteiger partial charge in [-0.2, -0.15) is 0 Å². The Morgan fingerprint density at radius 1 is 1.57 bits per heavy atom. The molecule has 0 aromatic carbocycles. The van der Waals surface area contributed by atoms with Crippen molar-refractivity contribution in [3.63, 3.8) is 0 Å². The van der Waals surface area contributed by atoms with Gasteiger partial charge in [0.2, 0.25) is 0 Å². The van der Waals surface area contributed by atoms with Crippen molar-refractivity contribution in [3.05, 3.63) is 33.2 Å². The van der Waals surface area contributed by atoms with Crippen LogP contribution < -0.4 is 5.56 Å². The second kappa shape index (κ2) is 3.40. The third-order valence-corrected chi connectivity index (χ3v) is 2.83. The zero-order valence-electron chi connectivity index (χ0n) is 8.17. The fourth-order valence-electron chi connectivity index (χ4n) is 1.99. The summed E-state index contributed by atoms with van der Waals surface area (Å²) in [6.45, 7) is 2.19. The lowest BCUT2D eigenvalue weighted by atomic mass is 9.87. The minimum atomic E-state index is -0.256. The van der Waals surface area contributed by atoms with Gasteiger partial charge in [0.25, 0.3) is 5.56 Å². The third kappa shape index (κ3) is 1.50. The third-order valence-electron chi connectivity index (χ3n) is 2.83. The van der Waals surface area contributed by atoms with E-state index in [1.54, 1.807) is 6.07 Å². The zero-order valence-corrected chi connectivity index (χ0v) is 8.17. The van der Waals surface area contributed by atoms with E-state index in [2.05, 4.69) is 11.9 Å². The molecule has 0 bridgehead atoms. The molecule has 1 aliphatic rings. The fourth-order valence-corrected chi connectivity index (χ4v) is 1.99. The van der Waals surface area contributed by atoms with Crippen molar-refractivity contribution in [2.75, 3.05) is 0 Å². The van der Waals surface area contributed by atoms with Gasteiger partial charge in [-0.25, -0.2) is 0 Å². The molecule has 14 heavy (non-hydrogen) atoms. The van der Waals surface area contributed by atoms with Crippen molar-refractivity contribution in [3.8, 4) is 0 Å². The van der Waals surface area contributed by atoms with E-state index in [-0.39, 0.29) is 11.1 Å². The van der Waals surface area contributed by atoms with Crippen LogP contribution in [0.4, 0.5) is 0 Å². The second-order valence-electron chi connectivity index (χ2n) is 4.02. The predicted molar refractivity (Wildman–Crippen MR) is 53.6 cm³/mol. The van der Waals surface area contributed by atoms with Gasteiger partial charge in [-0.15, -0.1) is 0 Å². The first-order valence-corrected chi connectivity index (χ1v) is 4.91. The largest absolute Gasteiger partial charge is 0.325 e. The lowest BCUT2D eigenvalue weighted by molar-refractivity contribution is 0.112. The Morgan fingerprint density at radius 2 is 2.36 bits per heavy atom. The van der Waals surface area contributed by atoms with Gasteiger partial charge >= 0.3 is 0 Å². The molecule has 1 N–H and O–H groups in total. The summed E-state index contributed by atoms with van der Waals surface area (Å²) in [5.74, 6) is 0.646. The normalized spacial score (nSPS) is 20.2. The Morgan fingerprint density at radius 3 is 3.07 bits per heavy atom. The number of hydrogen-bond acceptors (Lipinski definition) is 2. The summed E-state index contributed by atoms with van der Waals surface area (Å²) in [4.78, 5) is 24.7. The number of aromatic nitrogens is 1. The zero-order chi connectivity index (χ0) is 10.1. The molecule has 0 saturated carbocycles. The van der Waals surface area contributed by atoms with Gasteiger partial charge < -0.3 is 4.98 Å². The van der Waals surface area contributed by atoms with Gasteiger partial charge in [-0.3, -0.25) is 9.59 Å². The molecule has 3 heteroatoms. The van der Waals surface area contributed by atoms with Crippen LogP contribution in [0.3, 0.4) is 0 Å². The molecule has 1 aliphatic carbocycles. The molecule has 0 spiro atoms. The number of H-pyrrole nitrogens is 1. The van der Waals surface area contributed by atoms with E-state index in [0.717, 1.165) is 30.5 Å². The van der Waals surface area contributed by atoms with E-state index in [1.165, 1.54) is 0 Å². The summed E-state index contributed by atoms with van der Waals surface area (Å²) in [6, 6.07) is 1.73. The van der Waals surface area contributed by atoms with Crippen LogP contribution in [0.25, 0.3) is 0 Å². The Hall–Kier alpha value is -1.38. The van der Waals surface area contributed by atoms with E-state index in [1.807, 2.05) is 0 Å². The highest BCUT2D eigenvalue weighted by Crippen LogP contribution is 2.22. The maximum atomic E-state index is 11.3. The number of aromatic amines is 1. The maximum absolute atomic E-state index is 11.3. The molecule has 1 atom stereocenters. The molecule has 0 fully saturated rings. The first-order chi connectivity index (χ1) is 6.70. The minimum absolute atomic E-state index is 0.248. The lowest BCUT2D eigenvalue weighted by Crippen LogP contribution is -2.21. The smallest absolute Gasteiger partial charge is 0.258 e. The molecule has 0 saturated heterocycles. The van der Waals surface area contributed by atoms with E-state index < -0.39 is 0 Å². The van der Waals surface area contributed by atoms with Crippen molar-refractivity contribution >= 4 is 6.29 Å². The van der Waals surface area contributed by atoms with Crippen molar-refractivity contribution in [1.82, 2.24) is 4.98 Å². The van der Waals surface area contributed by atoms with Crippen molar-refractivity contribution in [2.45, 2.75) is 26.2 Å². The number of carbonyl (C=O) groups is 1. The molecule has 1 aromatic rings. The van der Waals surface area contributed by atoms with E-state index in [0.29, 0.717) is 12.2 Å². The summed E-state index contributed by atoms with van der Waals surface area (Å²) >= 11 is 0. The van der Waals surface area contributed by atoms with Gasteiger partial charge in [0, 0.05) is 5.69 Å². The first kappa shape index (κ1) is 9.19. The molecule has 0 radical (unpaired) electrons. The Kier molecular flexibility index (Phi) is 2.23. The van der Waals surface area contributed by atoms with Crippen molar-refractivity contribution in [1.29, 1.82) is 0 Å². The monoisotopic (exact) mass is 191 g/mol. The van der Waals surface area contributed by atoms with Gasteiger partial charge in [0.1, 0.15) is 0 Å². The summed E-state index contributed by atoms with van der Waals surface area (Å²) < 4.78 is 0. The fraction of sp³-hybridized carbons (Fsp3) is 0.455. The van der Waals surface area contributed by atoms with Crippen LogP contribution >= 0.6 is 0 Å². The first-order valence-electron chi connectivity index (χ1n) is 4.91. The second-order valence-corrected chi connectivity index (χ2v) is 4.02. The Labute approximate surface area is 82.2 Å². The number of fused-ring (bicyclic) bond motifs is 1.